The van der Waals surface area contributed by atoms with E-state index in [9.17, 15) is 0 Å². The van der Waals surface area contributed by atoms with E-state index < -0.39 is 0 Å². The maximum Gasteiger partial charge on any atom is 0.0473 e. The van der Waals surface area contributed by atoms with Gasteiger partial charge in [0.25, 0.3) is 0 Å². The van der Waals surface area contributed by atoms with E-state index in [2.05, 4.69) is 30.6 Å². The van der Waals surface area contributed by atoms with Crippen molar-refractivity contribution in [2.24, 2.45) is 17.6 Å². The van der Waals surface area contributed by atoms with Crippen molar-refractivity contribution in [3.05, 3.63) is 0 Å². The van der Waals surface area contributed by atoms with Crippen LogP contribution in [0.2, 0.25) is 0 Å². The van der Waals surface area contributed by atoms with Gasteiger partial charge < -0.3 is 5.73 Å². The smallest absolute Gasteiger partial charge is 0.0473 e. The van der Waals surface area contributed by atoms with Gasteiger partial charge in [-0.2, -0.15) is 0 Å². The maximum absolute atomic E-state index is 6.27. The third-order valence-electron chi connectivity index (χ3n) is 5.65. The molecule has 3 fully saturated rings. The Kier molecular flexibility index (Phi) is 3.65. The van der Waals surface area contributed by atoms with E-state index in [-0.39, 0.29) is 5.54 Å². The number of piperidine rings is 1. The third-order valence-corrected chi connectivity index (χ3v) is 5.65. The predicted molar refractivity (Wildman–Crippen MR) is 80.1 cm³/mol. The molecule has 1 aliphatic carbocycles. The highest BCUT2D eigenvalue weighted by Crippen LogP contribution is 2.41. The molecule has 3 nitrogen and oxygen atoms in total. The van der Waals surface area contributed by atoms with Crippen LogP contribution in [0, 0.1) is 11.8 Å². The molecule has 0 aromatic heterocycles. The monoisotopic (exact) mass is 265 g/mol. The minimum Gasteiger partial charge on any atom is -0.329 e. The summed E-state index contributed by atoms with van der Waals surface area (Å²) in [6, 6.07) is 1.60. The fraction of sp³-hybridized carbons (Fsp3) is 1.00. The van der Waals surface area contributed by atoms with Crippen molar-refractivity contribution in [3.8, 4) is 0 Å². The number of hydrogen-bond donors (Lipinski definition) is 1. The van der Waals surface area contributed by atoms with Crippen LogP contribution in [-0.4, -0.2) is 53.6 Å². The van der Waals surface area contributed by atoms with Crippen LogP contribution in [0.25, 0.3) is 0 Å². The predicted octanol–water partition coefficient (Wildman–Crippen LogP) is 1.92. The fourth-order valence-corrected chi connectivity index (χ4v) is 4.68. The molecule has 19 heavy (non-hydrogen) atoms. The van der Waals surface area contributed by atoms with Gasteiger partial charge in [-0.25, -0.2) is 0 Å². The van der Waals surface area contributed by atoms with Crippen LogP contribution in [0.4, 0.5) is 0 Å². The van der Waals surface area contributed by atoms with Gasteiger partial charge in [-0.1, -0.05) is 13.8 Å². The largest absolute Gasteiger partial charge is 0.329 e. The van der Waals surface area contributed by atoms with E-state index in [1.807, 2.05) is 0 Å². The first-order valence-corrected chi connectivity index (χ1v) is 8.25. The Bertz CT molecular complexity index is 318. The van der Waals surface area contributed by atoms with Crippen LogP contribution in [0.5, 0.6) is 0 Å². The summed E-state index contributed by atoms with van der Waals surface area (Å²) in [5, 5.41) is 0. The molecule has 0 radical (unpaired) electrons. The number of nitrogens with two attached hydrogens (primary N) is 1. The second kappa shape index (κ2) is 5.01. The first-order valence-electron chi connectivity index (χ1n) is 8.25. The summed E-state index contributed by atoms with van der Waals surface area (Å²) in [4.78, 5) is 5.50. The van der Waals surface area contributed by atoms with Gasteiger partial charge in [0.15, 0.2) is 0 Å². The molecule has 0 bridgehead atoms. The molecule has 4 atom stereocenters. The molecule has 2 saturated heterocycles. The van der Waals surface area contributed by atoms with Crippen molar-refractivity contribution in [1.82, 2.24) is 9.80 Å². The Morgan fingerprint density at radius 2 is 1.74 bits per heavy atom. The van der Waals surface area contributed by atoms with E-state index in [1.54, 1.807) is 0 Å². The van der Waals surface area contributed by atoms with Crippen molar-refractivity contribution in [1.29, 1.82) is 0 Å². The molecule has 3 aliphatic rings. The SMILES string of the molecule is CC1CC(C)CN(C2(CN)CC(C)N(C3CC3)C2)C1. The molecule has 0 aromatic carbocycles. The number of nitrogens with zero attached hydrogens (tertiary/aromatic N) is 2. The zero-order valence-electron chi connectivity index (χ0n) is 12.9. The third kappa shape index (κ3) is 2.57. The number of rotatable bonds is 3. The molecule has 2 heterocycles. The van der Waals surface area contributed by atoms with Gasteiger partial charge in [-0.05, 0) is 44.4 Å². The van der Waals surface area contributed by atoms with Gasteiger partial charge in [-0.3, -0.25) is 9.80 Å². The van der Waals surface area contributed by atoms with Crippen LogP contribution in [-0.2, 0) is 0 Å². The molecule has 3 heteroatoms. The van der Waals surface area contributed by atoms with Gasteiger partial charge in [0.1, 0.15) is 0 Å². The Hall–Kier alpha value is -0.120. The van der Waals surface area contributed by atoms with E-state index in [0.29, 0.717) is 0 Å². The highest BCUT2D eigenvalue weighted by Gasteiger charge is 2.50. The Balaban J connectivity index is 1.75. The zero-order valence-corrected chi connectivity index (χ0v) is 12.9. The Labute approximate surface area is 118 Å². The number of likely N-dealkylation sites (tertiary alicyclic amines) is 2. The highest BCUT2D eigenvalue weighted by atomic mass is 15.3. The molecular weight excluding hydrogens is 234 g/mol. The van der Waals surface area contributed by atoms with Crippen molar-refractivity contribution in [3.63, 3.8) is 0 Å². The lowest BCUT2D eigenvalue weighted by Gasteiger charge is -2.46. The molecule has 0 aromatic rings. The minimum absolute atomic E-state index is 0.269. The lowest BCUT2D eigenvalue weighted by molar-refractivity contribution is 0.0332. The van der Waals surface area contributed by atoms with Crippen LogP contribution < -0.4 is 5.73 Å². The van der Waals surface area contributed by atoms with Crippen molar-refractivity contribution >= 4 is 0 Å². The second-order valence-electron chi connectivity index (χ2n) is 7.74. The summed E-state index contributed by atoms with van der Waals surface area (Å²) in [6.07, 6.45) is 5.49. The van der Waals surface area contributed by atoms with Gasteiger partial charge in [0, 0.05) is 43.8 Å². The molecule has 3 rings (SSSR count). The van der Waals surface area contributed by atoms with Crippen LogP contribution in [0.15, 0.2) is 0 Å². The first kappa shape index (κ1) is 13.8. The second-order valence-corrected chi connectivity index (χ2v) is 7.74. The topological polar surface area (TPSA) is 32.5 Å². The summed E-state index contributed by atoms with van der Waals surface area (Å²) in [5.41, 5.74) is 6.54. The summed E-state index contributed by atoms with van der Waals surface area (Å²) >= 11 is 0. The van der Waals surface area contributed by atoms with Gasteiger partial charge in [0.05, 0.1) is 0 Å². The molecular formula is C16H31N3. The first-order chi connectivity index (χ1) is 9.04. The average molecular weight is 265 g/mol. The van der Waals surface area contributed by atoms with Crippen molar-refractivity contribution in [2.45, 2.75) is 64.1 Å². The zero-order chi connectivity index (χ0) is 13.6. The van der Waals surface area contributed by atoms with Crippen molar-refractivity contribution < 1.29 is 0 Å². The quantitative estimate of drug-likeness (QED) is 0.846. The average Bonchev–Trinajstić information content (AvgIpc) is 3.12. The highest BCUT2D eigenvalue weighted by molar-refractivity contribution is 5.07. The minimum atomic E-state index is 0.269. The van der Waals surface area contributed by atoms with E-state index >= 15 is 0 Å². The van der Waals surface area contributed by atoms with Gasteiger partial charge in [-0.15, -0.1) is 0 Å². The van der Waals surface area contributed by atoms with Crippen LogP contribution in [0.3, 0.4) is 0 Å². The summed E-state index contributed by atoms with van der Waals surface area (Å²) in [7, 11) is 0. The van der Waals surface area contributed by atoms with Crippen LogP contribution >= 0.6 is 0 Å². The van der Waals surface area contributed by atoms with E-state index in [1.165, 1.54) is 45.3 Å². The van der Waals surface area contributed by atoms with Crippen LogP contribution in [0.1, 0.15) is 46.5 Å². The molecule has 1 saturated carbocycles. The van der Waals surface area contributed by atoms with Gasteiger partial charge >= 0.3 is 0 Å². The lowest BCUT2D eigenvalue weighted by Crippen LogP contribution is -2.59. The normalized spacial score (nSPS) is 45.8. The van der Waals surface area contributed by atoms with E-state index in [4.69, 9.17) is 5.73 Å². The summed E-state index contributed by atoms with van der Waals surface area (Å²) < 4.78 is 0. The Morgan fingerprint density at radius 1 is 1.11 bits per heavy atom. The number of hydrogen-bond acceptors (Lipinski definition) is 3. The molecule has 4 unspecified atom stereocenters. The molecule has 2 aliphatic heterocycles. The molecule has 0 amide bonds. The van der Waals surface area contributed by atoms with Crippen molar-refractivity contribution in [2.75, 3.05) is 26.2 Å². The lowest BCUT2D eigenvalue weighted by atomic mass is 9.85. The van der Waals surface area contributed by atoms with E-state index in [0.717, 1.165) is 30.5 Å². The molecule has 2 N–H and O–H groups in total. The summed E-state index contributed by atoms with van der Waals surface area (Å²) in [5.74, 6) is 1.66. The van der Waals surface area contributed by atoms with Gasteiger partial charge in [0.2, 0.25) is 0 Å². The molecule has 110 valence electrons. The standard InChI is InChI=1S/C16H31N3/c1-12-6-13(2)9-18(8-12)16(10-17)7-14(3)19(11-16)15-4-5-15/h12-15H,4-11,17H2,1-3H3. The summed E-state index contributed by atoms with van der Waals surface area (Å²) in [6.45, 7) is 11.8. The maximum atomic E-state index is 6.27. The Morgan fingerprint density at radius 3 is 2.26 bits per heavy atom. The fourth-order valence-electron chi connectivity index (χ4n) is 4.68. The molecule has 0 spiro atoms.